The zero-order chi connectivity index (χ0) is 18.9. The average molecular weight is 359 g/mol. The molecule has 2 rings (SSSR count). The van der Waals surface area contributed by atoms with Crippen LogP contribution in [0.3, 0.4) is 0 Å². The topological polar surface area (TPSA) is 38.8 Å². The number of ether oxygens (including phenoxy) is 2. The smallest absolute Gasteiger partial charge is 0.254 e. The molecule has 0 radical (unpaired) electrons. The fourth-order valence-electron chi connectivity index (χ4n) is 2.61. The molecule has 0 aromatic heterocycles. The number of nitrogens with zero attached hydrogens (tertiary/aromatic N) is 1. The number of halogens is 1. The lowest BCUT2D eigenvalue weighted by Gasteiger charge is -2.22. The number of hydrogen-bond donors (Lipinski definition) is 0. The van der Waals surface area contributed by atoms with Gasteiger partial charge in [0, 0.05) is 18.7 Å². The SMILES string of the molecule is CCCOc1ccc(C(=O)N(CC)Cc2cccc(F)c2)cc1OCC. The lowest BCUT2D eigenvalue weighted by Crippen LogP contribution is -2.30. The Kier molecular flexibility index (Phi) is 7.45. The monoisotopic (exact) mass is 359 g/mol. The van der Waals surface area contributed by atoms with Crippen molar-refractivity contribution in [2.24, 2.45) is 0 Å². The highest BCUT2D eigenvalue weighted by Crippen LogP contribution is 2.29. The van der Waals surface area contributed by atoms with Gasteiger partial charge in [-0.25, -0.2) is 4.39 Å². The van der Waals surface area contributed by atoms with Crippen LogP contribution in [0.2, 0.25) is 0 Å². The van der Waals surface area contributed by atoms with Crippen LogP contribution in [0.1, 0.15) is 43.1 Å². The van der Waals surface area contributed by atoms with Crippen molar-refractivity contribution in [1.82, 2.24) is 4.90 Å². The molecule has 4 nitrogen and oxygen atoms in total. The molecule has 1 amide bonds. The lowest BCUT2D eigenvalue weighted by atomic mass is 10.1. The molecular formula is C21H26FNO3. The zero-order valence-corrected chi connectivity index (χ0v) is 15.6. The van der Waals surface area contributed by atoms with Gasteiger partial charge >= 0.3 is 0 Å². The fourth-order valence-corrected chi connectivity index (χ4v) is 2.61. The first-order chi connectivity index (χ1) is 12.6. The Morgan fingerprint density at radius 2 is 1.85 bits per heavy atom. The number of rotatable bonds is 9. The maximum absolute atomic E-state index is 13.4. The Morgan fingerprint density at radius 1 is 1.04 bits per heavy atom. The number of carbonyl (C=O) groups is 1. The van der Waals surface area contributed by atoms with Crippen molar-refractivity contribution >= 4 is 5.91 Å². The molecule has 0 saturated carbocycles. The van der Waals surface area contributed by atoms with E-state index >= 15 is 0 Å². The van der Waals surface area contributed by atoms with E-state index in [1.165, 1.54) is 12.1 Å². The summed E-state index contributed by atoms with van der Waals surface area (Å²) in [4.78, 5) is 14.6. The summed E-state index contributed by atoms with van der Waals surface area (Å²) >= 11 is 0. The Bertz CT molecular complexity index is 733. The Morgan fingerprint density at radius 3 is 2.50 bits per heavy atom. The maximum atomic E-state index is 13.4. The van der Waals surface area contributed by atoms with Gasteiger partial charge in [0.2, 0.25) is 0 Å². The van der Waals surface area contributed by atoms with Crippen molar-refractivity contribution in [3.63, 3.8) is 0 Å². The van der Waals surface area contributed by atoms with E-state index in [4.69, 9.17) is 9.47 Å². The molecule has 0 aliphatic carbocycles. The van der Waals surface area contributed by atoms with E-state index in [9.17, 15) is 9.18 Å². The molecule has 2 aromatic carbocycles. The predicted octanol–water partition coefficient (Wildman–Crippen LogP) is 4.68. The summed E-state index contributed by atoms with van der Waals surface area (Å²) in [7, 11) is 0. The van der Waals surface area contributed by atoms with E-state index in [0.717, 1.165) is 12.0 Å². The molecule has 26 heavy (non-hydrogen) atoms. The quantitative estimate of drug-likeness (QED) is 0.653. The summed E-state index contributed by atoms with van der Waals surface area (Å²) < 4.78 is 24.7. The number of carbonyl (C=O) groups excluding carboxylic acids is 1. The molecule has 5 heteroatoms. The van der Waals surface area contributed by atoms with Crippen LogP contribution in [0.4, 0.5) is 4.39 Å². The highest BCUT2D eigenvalue weighted by Gasteiger charge is 2.17. The van der Waals surface area contributed by atoms with Crippen molar-refractivity contribution < 1.29 is 18.7 Å². The molecule has 0 atom stereocenters. The number of amides is 1. The van der Waals surface area contributed by atoms with Gasteiger partial charge < -0.3 is 14.4 Å². The Labute approximate surface area is 154 Å². The first-order valence-corrected chi connectivity index (χ1v) is 9.02. The van der Waals surface area contributed by atoms with Crippen LogP contribution in [0.5, 0.6) is 11.5 Å². The first kappa shape index (κ1) is 19.8. The van der Waals surface area contributed by atoms with E-state index in [-0.39, 0.29) is 11.7 Å². The fraction of sp³-hybridized carbons (Fsp3) is 0.381. The minimum Gasteiger partial charge on any atom is -0.490 e. The van der Waals surface area contributed by atoms with Gasteiger partial charge in [-0.05, 0) is 56.2 Å². The normalized spacial score (nSPS) is 10.5. The largest absolute Gasteiger partial charge is 0.490 e. The Balaban J connectivity index is 2.21. The van der Waals surface area contributed by atoms with Gasteiger partial charge in [-0.3, -0.25) is 4.79 Å². The van der Waals surface area contributed by atoms with E-state index in [2.05, 4.69) is 0 Å². The van der Waals surface area contributed by atoms with Crippen molar-refractivity contribution in [3.8, 4) is 11.5 Å². The lowest BCUT2D eigenvalue weighted by molar-refractivity contribution is 0.0752. The molecule has 0 spiro atoms. The molecule has 0 aliphatic heterocycles. The number of benzene rings is 2. The molecule has 2 aromatic rings. The van der Waals surface area contributed by atoms with E-state index < -0.39 is 0 Å². The van der Waals surface area contributed by atoms with Gasteiger partial charge in [0.15, 0.2) is 11.5 Å². The van der Waals surface area contributed by atoms with E-state index in [1.54, 1.807) is 29.2 Å². The highest BCUT2D eigenvalue weighted by atomic mass is 19.1. The van der Waals surface area contributed by atoms with Crippen LogP contribution in [-0.4, -0.2) is 30.6 Å². The average Bonchev–Trinajstić information content (AvgIpc) is 2.65. The van der Waals surface area contributed by atoms with Gasteiger partial charge in [0.05, 0.1) is 13.2 Å². The molecule has 0 bridgehead atoms. The number of hydrogen-bond acceptors (Lipinski definition) is 3. The van der Waals surface area contributed by atoms with E-state index in [1.807, 2.05) is 26.8 Å². The van der Waals surface area contributed by atoms with Gasteiger partial charge in [0.25, 0.3) is 5.91 Å². The van der Waals surface area contributed by atoms with Crippen molar-refractivity contribution in [3.05, 3.63) is 59.4 Å². The van der Waals surface area contributed by atoms with Crippen LogP contribution in [0, 0.1) is 5.82 Å². The molecule has 0 unspecified atom stereocenters. The molecule has 140 valence electrons. The van der Waals surface area contributed by atoms with E-state index in [0.29, 0.717) is 43.4 Å². The van der Waals surface area contributed by atoms with Crippen LogP contribution >= 0.6 is 0 Å². The molecule has 0 saturated heterocycles. The molecular weight excluding hydrogens is 333 g/mol. The van der Waals surface area contributed by atoms with Crippen LogP contribution in [0.15, 0.2) is 42.5 Å². The summed E-state index contributed by atoms with van der Waals surface area (Å²) in [6.45, 7) is 7.77. The predicted molar refractivity (Wildman–Crippen MR) is 100 cm³/mol. The van der Waals surface area contributed by atoms with Crippen molar-refractivity contribution in [2.75, 3.05) is 19.8 Å². The maximum Gasteiger partial charge on any atom is 0.254 e. The Hall–Kier alpha value is -2.56. The summed E-state index contributed by atoms with van der Waals surface area (Å²) in [5.41, 5.74) is 1.28. The first-order valence-electron chi connectivity index (χ1n) is 9.02. The minimum atomic E-state index is -0.304. The third-order valence-electron chi connectivity index (χ3n) is 3.88. The molecule has 0 N–H and O–H groups in total. The summed E-state index contributed by atoms with van der Waals surface area (Å²) in [6, 6.07) is 11.5. The summed E-state index contributed by atoms with van der Waals surface area (Å²) in [5.74, 6) is 0.772. The van der Waals surface area contributed by atoms with Crippen molar-refractivity contribution in [2.45, 2.75) is 33.7 Å². The summed E-state index contributed by atoms with van der Waals surface area (Å²) in [5, 5.41) is 0. The molecule has 0 fully saturated rings. The molecule has 0 aliphatic rings. The second kappa shape index (κ2) is 9.80. The third-order valence-corrected chi connectivity index (χ3v) is 3.88. The minimum absolute atomic E-state index is 0.125. The van der Waals surface area contributed by atoms with Gasteiger partial charge in [0.1, 0.15) is 5.82 Å². The molecule has 0 heterocycles. The highest BCUT2D eigenvalue weighted by molar-refractivity contribution is 5.94. The van der Waals surface area contributed by atoms with Crippen LogP contribution in [0.25, 0.3) is 0 Å². The third kappa shape index (κ3) is 5.22. The van der Waals surface area contributed by atoms with Crippen LogP contribution in [-0.2, 0) is 6.54 Å². The zero-order valence-electron chi connectivity index (χ0n) is 15.6. The van der Waals surface area contributed by atoms with Gasteiger partial charge in [-0.2, -0.15) is 0 Å². The van der Waals surface area contributed by atoms with Gasteiger partial charge in [-0.1, -0.05) is 19.1 Å². The van der Waals surface area contributed by atoms with Gasteiger partial charge in [-0.15, -0.1) is 0 Å². The summed E-state index contributed by atoms with van der Waals surface area (Å²) in [6.07, 6.45) is 0.892. The van der Waals surface area contributed by atoms with Crippen molar-refractivity contribution in [1.29, 1.82) is 0 Å². The second-order valence-electron chi connectivity index (χ2n) is 5.89. The second-order valence-corrected chi connectivity index (χ2v) is 5.89. The standard InChI is InChI=1S/C21H26FNO3/c1-4-12-26-19-11-10-17(14-20(19)25-6-3)21(24)23(5-2)15-16-8-7-9-18(22)13-16/h7-11,13-14H,4-6,12,15H2,1-3H3. The van der Waals surface area contributed by atoms with Crippen LogP contribution < -0.4 is 9.47 Å².